The Morgan fingerprint density at radius 3 is 2.84 bits per heavy atom. The van der Waals surface area contributed by atoms with Crippen LogP contribution in [0.5, 0.6) is 5.75 Å². The smallest absolute Gasteiger partial charge is 0.122 e. The zero-order valence-corrected chi connectivity index (χ0v) is 12.0. The van der Waals surface area contributed by atoms with Crippen molar-refractivity contribution in [3.63, 3.8) is 0 Å². The van der Waals surface area contributed by atoms with E-state index in [1.165, 1.54) is 0 Å². The first-order chi connectivity index (χ1) is 9.06. The lowest BCUT2D eigenvalue weighted by Crippen LogP contribution is -2.12. The summed E-state index contributed by atoms with van der Waals surface area (Å²) in [6.07, 6.45) is 1.67. The number of nitrogens with two attached hydrogens (primary N) is 1. The Balaban J connectivity index is 2.07. The second kappa shape index (κ2) is 5.99. The van der Waals surface area contributed by atoms with Gasteiger partial charge in [-0.05, 0) is 48.4 Å². The predicted octanol–water partition coefficient (Wildman–Crippen LogP) is 3.26. The van der Waals surface area contributed by atoms with Crippen LogP contribution in [0.15, 0.2) is 36.5 Å². The molecular weight excluding hydrogens is 280 g/mol. The van der Waals surface area contributed by atoms with E-state index in [1.54, 1.807) is 6.20 Å². The molecule has 2 N–H and O–H groups in total. The summed E-state index contributed by atoms with van der Waals surface area (Å²) in [7, 11) is 0. The number of halogens is 1. The highest BCUT2D eigenvalue weighted by Gasteiger charge is 2.02. The largest absolute Gasteiger partial charge is 0.489 e. The number of ether oxygens (including phenoxy) is 1. The summed E-state index contributed by atoms with van der Waals surface area (Å²) in [6, 6.07) is 9.25. The third-order valence-corrected chi connectivity index (χ3v) is 3.24. The standard InChI is InChI=1S/C14H13ClN2OS/c1-9-6-11(2-3-12(9)15)18-8-10-4-5-17-13(7-10)14(16)19/h2-7H,8H2,1H3,(H2,16,19). The van der Waals surface area contributed by atoms with Crippen LogP contribution in [0, 0.1) is 6.92 Å². The zero-order valence-electron chi connectivity index (χ0n) is 10.4. The van der Waals surface area contributed by atoms with Crippen LogP contribution in [-0.4, -0.2) is 9.97 Å². The van der Waals surface area contributed by atoms with Crippen molar-refractivity contribution in [2.24, 2.45) is 5.73 Å². The monoisotopic (exact) mass is 292 g/mol. The molecule has 0 radical (unpaired) electrons. The number of pyridine rings is 1. The predicted molar refractivity (Wildman–Crippen MR) is 80.6 cm³/mol. The first kappa shape index (κ1) is 13.8. The van der Waals surface area contributed by atoms with Crippen molar-refractivity contribution in [3.05, 3.63) is 58.4 Å². The fourth-order valence-corrected chi connectivity index (χ4v) is 1.80. The molecule has 19 heavy (non-hydrogen) atoms. The Hall–Kier alpha value is -1.65. The van der Waals surface area contributed by atoms with Crippen LogP contribution in [0.3, 0.4) is 0 Å². The zero-order chi connectivity index (χ0) is 13.8. The van der Waals surface area contributed by atoms with E-state index < -0.39 is 0 Å². The van der Waals surface area contributed by atoms with E-state index >= 15 is 0 Å². The maximum absolute atomic E-state index is 5.96. The minimum absolute atomic E-state index is 0.282. The minimum atomic E-state index is 0.282. The highest BCUT2D eigenvalue weighted by molar-refractivity contribution is 7.80. The molecule has 0 atom stereocenters. The number of aryl methyl sites for hydroxylation is 1. The summed E-state index contributed by atoms with van der Waals surface area (Å²) < 4.78 is 5.69. The normalized spacial score (nSPS) is 10.2. The average Bonchev–Trinajstić information content (AvgIpc) is 2.40. The van der Waals surface area contributed by atoms with Gasteiger partial charge < -0.3 is 10.5 Å². The first-order valence-corrected chi connectivity index (χ1v) is 6.48. The van der Waals surface area contributed by atoms with Gasteiger partial charge in [0.2, 0.25) is 0 Å². The number of aromatic nitrogens is 1. The van der Waals surface area contributed by atoms with Gasteiger partial charge in [-0.3, -0.25) is 4.98 Å². The number of thiocarbonyl (C=S) groups is 1. The van der Waals surface area contributed by atoms with Crippen molar-refractivity contribution in [2.45, 2.75) is 13.5 Å². The summed E-state index contributed by atoms with van der Waals surface area (Å²) in [5.74, 6) is 0.774. The van der Waals surface area contributed by atoms with E-state index in [0.717, 1.165) is 21.9 Å². The maximum atomic E-state index is 5.96. The molecule has 0 saturated heterocycles. The van der Waals surface area contributed by atoms with Crippen LogP contribution in [0.4, 0.5) is 0 Å². The minimum Gasteiger partial charge on any atom is -0.489 e. The maximum Gasteiger partial charge on any atom is 0.122 e. The van der Waals surface area contributed by atoms with Crippen LogP contribution in [0.1, 0.15) is 16.8 Å². The lowest BCUT2D eigenvalue weighted by molar-refractivity contribution is 0.306. The van der Waals surface area contributed by atoms with Crippen molar-refractivity contribution >= 4 is 28.8 Å². The van der Waals surface area contributed by atoms with Crippen LogP contribution in [0.2, 0.25) is 5.02 Å². The van der Waals surface area contributed by atoms with Gasteiger partial charge >= 0.3 is 0 Å². The highest BCUT2D eigenvalue weighted by atomic mass is 35.5. The number of hydrogen-bond donors (Lipinski definition) is 1. The Morgan fingerprint density at radius 2 is 2.16 bits per heavy atom. The number of nitrogens with zero attached hydrogens (tertiary/aromatic N) is 1. The molecule has 1 heterocycles. The van der Waals surface area contributed by atoms with Crippen molar-refractivity contribution in [3.8, 4) is 5.75 Å². The van der Waals surface area contributed by atoms with Crippen molar-refractivity contribution < 1.29 is 4.74 Å². The lowest BCUT2D eigenvalue weighted by atomic mass is 10.2. The van der Waals surface area contributed by atoms with Crippen LogP contribution in [0.25, 0.3) is 0 Å². The van der Waals surface area contributed by atoms with Gasteiger partial charge in [-0.25, -0.2) is 0 Å². The summed E-state index contributed by atoms with van der Waals surface area (Å²) in [5.41, 5.74) is 8.09. The lowest BCUT2D eigenvalue weighted by Gasteiger charge is -2.08. The molecule has 5 heteroatoms. The van der Waals surface area contributed by atoms with Gasteiger partial charge in [-0.1, -0.05) is 23.8 Å². The fraction of sp³-hybridized carbons (Fsp3) is 0.143. The Kier molecular flexibility index (Phi) is 4.35. The third kappa shape index (κ3) is 3.66. The number of benzene rings is 1. The molecule has 1 aromatic carbocycles. The van der Waals surface area contributed by atoms with Crippen LogP contribution < -0.4 is 10.5 Å². The number of hydrogen-bond acceptors (Lipinski definition) is 3. The molecule has 2 rings (SSSR count). The molecule has 1 aromatic heterocycles. The Morgan fingerprint density at radius 1 is 1.37 bits per heavy atom. The van der Waals surface area contributed by atoms with Gasteiger partial charge in [0.05, 0.1) is 5.69 Å². The average molecular weight is 293 g/mol. The second-order valence-electron chi connectivity index (χ2n) is 4.11. The highest BCUT2D eigenvalue weighted by Crippen LogP contribution is 2.21. The van der Waals surface area contributed by atoms with Gasteiger partial charge in [0.1, 0.15) is 17.3 Å². The second-order valence-corrected chi connectivity index (χ2v) is 4.96. The molecular formula is C14H13ClN2OS. The third-order valence-electron chi connectivity index (χ3n) is 2.61. The van der Waals surface area contributed by atoms with E-state index in [1.807, 2.05) is 37.3 Å². The molecule has 3 nitrogen and oxygen atoms in total. The van der Waals surface area contributed by atoms with E-state index in [0.29, 0.717) is 12.3 Å². The Bertz CT molecular complexity index is 616. The van der Waals surface area contributed by atoms with Crippen molar-refractivity contribution in [2.75, 3.05) is 0 Å². The van der Waals surface area contributed by atoms with E-state index in [4.69, 9.17) is 34.3 Å². The van der Waals surface area contributed by atoms with Crippen molar-refractivity contribution in [1.29, 1.82) is 0 Å². The van der Waals surface area contributed by atoms with E-state index in [2.05, 4.69) is 4.98 Å². The molecule has 0 bridgehead atoms. The summed E-state index contributed by atoms with van der Waals surface area (Å²) in [5, 5.41) is 0.729. The van der Waals surface area contributed by atoms with Crippen LogP contribution in [-0.2, 0) is 6.61 Å². The van der Waals surface area contributed by atoms with Crippen LogP contribution >= 0.6 is 23.8 Å². The molecule has 0 amide bonds. The van der Waals surface area contributed by atoms with E-state index in [9.17, 15) is 0 Å². The molecule has 0 saturated carbocycles. The molecule has 2 aromatic rings. The van der Waals surface area contributed by atoms with Gasteiger partial charge in [0.25, 0.3) is 0 Å². The SMILES string of the molecule is Cc1cc(OCc2ccnc(C(N)=S)c2)ccc1Cl. The quantitative estimate of drug-likeness (QED) is 0.879. The molecule has 0 spiro atoms. The molecule has 0 unspecified atom stereocenters. The molecule has 0 aliphatic rings. The topological polar surface area (TPSA) is 48.1 Å². The Labute approximate surface area is 122 Å². The van der Waals surface area contributed by atoms with Gasteiger partial charge in [0.15, 0.2) is 0 Å². The van der Waals surface area contributed by atoms with E-state index in [-0.39, 0.29) is 4.99 Å². The molecule has 0 aliphatic carbocycles. The van der Waals surface area contributed by atoms with Gasteiger partial charge in [-0.15, -0.1) is 0 Å². The van der Waals surface area contributed by atoms with Gasteiger partial charge in [0, 0.05) is 11.2 Å². The molecule has 0 fully saturated rings. The summed E-state index contributed by atoms with van der Waals surface area (Å²) in [6.45, 7) is 2.37. The number of rotatable bonds is 4. The van der Waals surface area contributed by atoms with Gasteiger partial charge in [-0.2, -0.15) is 0 Å². The molecule has 0 aliphatic heterocycles. The first-order valence-electron chi connectivity index (χ1n) is 5.70. The van der Waals surface area contributed by atoms with Crippen molar-refractivity contribution in [1.82, 2.24) is 4.98 Å². The molecule has 98 valence electrons. The summed E-state index contributed by atoms with van der Waals surface area (Å²) >= 11 is 10.9. The fourth-order valence-electron chi connectivity index (χ4n) is 1.57. The summed E-state index contributed by atoms with van der Waals surface area (Å²) in [4.78, 5) is 4.36.